The Morgan fingerprint density at radius 2 is 2.42 bits per heavy atom. The monoisotopic (exact) mass is 246 g/mol. The van der Waals surface area contributed by atoms with E-state index < -0.39 is 0 Å². The molecule has 0 spiro atoms. The zero-order chi connectivity index (χ0) is 8.55. The number of anilines is 1. The second-order valence-corrected chi connectivity index (χ2v) is 5.53. The van der Waals surface area contributed by atoms with Crippen LogP contribution in [0.2, 0.25) is 0 Å². The van der Waals surface area contributed by atoms with E-state index in [1.807, 2.05) is 6.20 Å². The summed E-state index contributed by atoms with van der Waals surface area (Å²) in [6.45, 7) is 0. The lowest BCUT2D eigenvalue weighted by Crippen LogP contribution is -2.36. The van der Waals surface area contributed by atoms with E-state index in [1.54, 1.807) is 11.3 Å². The van der Waals surface area contributed by atoms with Crippen LogP contribution in [-0.4, -0.2) is 18.1 Å². The summed E-state index contributed by atoms with van der Waals surface area (Å²) in [6.07, 6.45) is 5.90. The first kappa shape index (κ1) is 8.51. The molecule has 0 aromatic carbocycles. The van der Waals surface area contributed by atoms with Gasteiger partial charge in [0.2, 0.25) is 0 Å². The Kier molecular flexibility index (Phi) is 2.37. The molecule has 0 unspecified atom stereocenters. The predicted octanol–water partition coefficient (Wildman–Crippen LogP) is 2.89. The molecule has 1 heterocycles. The molecule has 1 aromatic heterocycles. The second kappa shape index (κ2) is 3.34. The SMILES string of the molecule is CN(c1ncc(Br)s1)C1CCC1. The van der Waals surface area contributed by atoms with E-state index in [1.165, 1.54) is 19.3 Å². The smallest absolute Gasteiger partial charge is 0.186 e. The highest BCUT2D eigenvalue weighted by Crippen LogP contribution is 2.32. The molecule has 0 atom stereocenters. The van der Waals surface area contributed by atoms with Crippen LogP contribution in [0, 0.1) is 0 Å². The van der Waals surface area contributed by atoms with Crippen LogP contribution in [0.1, 0.15) is 19.3 Å². The van der Waals surface area contributed by atoms with E-state index in [2.05, 4.69) is 32.9 Å². The maximum Gasteiger partial charge on any atom is 0.186 e. The Hall–Kier alpha value is -0.0900. The first-order valence-corrected chi connectivity index (χ1v) is 5.72. The number of thiazole rings is 1. The highest BCUT2D eigenvalue weighted by Gasteiger charge is 2.23. The largest absolute Gasteiger partial charge is 0.348 e. The average molecular weight is 247 g/mol. The van der Waals surface area contributed by atoms with Crippen molar-refractivity contribution in [2.45, 2.75) is 25.3 Å². The van der Waals surface area contributed by atoms with Crippen molar-refractivity contribution in [3.63, 3.8) is 0 Å². The summed E-state index contributed by atoms with van der Waals surface area (Å²) >= 11 is 5.12. The minimum Gasteiger partial charge on any atom is -0.348 e. The molecule has 4 heteroatoms. The van der Waals surface area contributed by atoms with Crippen LogP contribution in [-0.2, 0) is 0 Å². The highest BCUT2D eigenvalue weighted by atomic mass is 79.9. The Morgan fingerprint density at radius 3 is 2.83 bits per heavy atom. The van der Waals surface area contributed by atoms with Crippen molar-refractivity contribution < 1.29 is 0 Å². The zero-order valence-electron chi connectivity index (χ0n) is 6.96. The third-order valence-electron chi connectivity index (χ3n) is 2.39. The number of nitrogens with zero attached hydrogens (tertiary/aromatic N) is 2. The third kappa shape index (κ3) is 1.50. The van der Waals surface area contributed by atoms with Crippen LogP contribution in [0.3, 0.4) is 0 Å². The molecule has 2 nitrogen and oxygen atoms in total. The molecule has 1 saturated carbocycles. The maximum absolute atomic E-state index is 4.32. The molecular weight excluding hydrogens is 236 g/mol. The van der Waals surface area contributed by atoms with Gasteiger partial charge in [0.15, 0.2) is 5.13 Å². The first-order chi connectivity index (χ1) is 5.77. The lowest BCUT2D eigenvalue weighted by molar-refractivity contribution is 0.401. The Balaban J connectivity index is 2.08. The number of hydrogen-bond donors (Lipinski definition) is 0. The van der Waals surface area contributed by atoms with E-state index >= 15 is 0 Å². The average Bonchev–Trinajstić information content (AvgIpc) is 2.31. The van der Waals surface area contributed by atoms with Gasteiger partial charge in [-0.2, -0.15) is 0 Å². The summed E-state index contributed by atoms with van der Waals surface area (Å²) in [6, 6.07) is 0.739. The molecule has 0 N–H and O–H groups in total. The molecule has 0 radical (unpaired) electrons. The third-order valence-corrected chi connectivity index (χ3v) is 3.96. The van der Waals surface area contributed by atoms with Crippen molar-refractivity contribution in [2.75, 3.05) is 11.9 Å². The normalized spacial score (nSPS) is 17.5. The second-order valence-electron chi connectivity index (χ2n) is 3.14. The fourth-order valence-electron chi connectivity index (χ4n) is 1.34. The van der Waals surface area contributed by atoms with E-state index in [0.717, 1.165) is 15.0 Å². The van der Waals surface area contributed by atoms with Gasteiger partial charge in [0, 0.05) is 13.1 Å². The first-order valence-electron chi connectivity index (χ1n) is 4.11. The summed E-state index contributed by atoms with van der Waals surface area (Å²) in [5.74, 6) is 0. The van der Waals surface area contributed by atoms with Gasteiger partial charge in [-0.3, -0.25) is 0 Å². The van der Waals surface area contributed by atoms with Crippen LogP contribution in [0.5, 0.6) is 0 Å². The van der Waals surface area contributed by atoms with Gasteiger partial charge in [-0.05, 0) is 35.2 Å². The van der Waals surface area contributed by atoms with Gasteiger partial charge in [-0.1, -0.05) is 11.3 Å². The van der Waals surface area contributed by atoms with E-state index in [-0.39, 0.29) is 0 Å². The summed E-state index contributed by atoms with van der Waals surface area (Å²) in [7, 11) is 2.13. The Labute approximate surface area is 84.7 Å². The minimum absolute atomic E-state index is 0.739. The van der Waals surface area contributed by atoms with Gasteiger partial charge in [0.1, 0.15) is 0 Å². The predicted molar refractivity (Wildman–Crippen MR) is 55.9 cm³/mol. The number of hydrogen-bond acceptors (Lipinski definition) is 3. The number of rotatable bonds is 2. The molecular formula is C8H11BrN2S. The molecule has 0 bridgehead atoms. The molecule has 0 saturated heterocycles. The number of halogens is 1. The van der Waals surface area contributed by atoms with Gasteiger partial charge in [0.05, 0.1) is 9.98 Å². The zero-order valence-corrected chi connectivity index (χ0v) is 9.36. The molecule has 1 aliphatic rings. The van der Waals surface area contributed by atoms with Crippen molar-refractivity contribution in [3.05, 3.63) is 9.98 Å². The lowest BCUT2D eigenvalue weighted by atomic mass is 9.92. The topological polar surface area (TPSA) is 16.1 Å². The molecule has 12 heavy (non-hydrogen) atoms. The number of aromatic nitrogens is 1. The molecule has 0 amide bonds. The fourth-order valence-corrected chi connectivity index (χ4v) is 2.55. The molecule has 0 aliphatic heterocycles. The van der Waals surface area contributed by atoms with Crippen LogP contribution >= 0.6 is 27.3 Å². The van der Waals surface area contributed by atoms with Crippen molar-refractivity contribution in [1.29, 1.82) is 0 Å². The fraction of sp³-hybridized carbons (Fsp3) is 0.625. The van der Waals surface area contributed by atoms with Gasteiger partial charge in [-0.25, -0.2) is 4.98 Å². The summed E-state index contributed by atoms with van der Waals surface area (Å²) in [5, 5.41) is 1.13. The van der Waals surface area contributed by atoms with Crippen molar-refractivity contribution in [3.8, 4) is 0 Å². The van der Waals surface area contributed by atoms with Crippen LogP contribution < -0.4 is 4.90 Å². The van der Waals surface area contributed by atoms with E-state index in [9.17, 15) is 0 Å². The minimum atomic E-state index is 0.739. The molecule has 1 aromatic rings. The van der Waals surface area contributed by atoms with Crippen LogP contribution in [0.25, 0.3) is 0 Å². The lowest BCUT2D eigenvalue weighted by Gasteiger charge is -2.34. The van der Waals surface area contributed by atoms with Crippen molar-refractivity contribution in [1.82, 2.24) is 4.98 Å². The summed E-state index contributed by atoms with van der Waals surface area (Å²) in [4.78, 5) is 6.61. The summed E-state index contributed by atoms with van der Waals surface area (Å²) < 4.78 is 1.11. The molecule has 1 fully saturated rings. The van der Waals surface area contributed by atoms with Crippen LogP contribution in [0.4, 0.5) is 5.13 Å². The van der Waals surface area contributed by atoms with Gasteiger partial charge >= 0.3 is 0 Å². The maximum atomic E-state index is 4.32. The summed E-state index contributed by atoms with van der Waals surface area (Å²) in [5.41, 5.74) is 0. The molecule has 66 valence electrons. The highest BCUT2D eigenvalue weighted by molar-refractivity contribution is 9.11. The quantitative estimate of drug-likeness (QED) is 0.798. The van der Waals surface area contributed by atoms with E-state index in [4.69, 9.17) is 0 Å². The van der Waals surface area contributed by atoms with Gasteiger partial charge in [0.25, 0.3) is 0 Å². The van der Waals surface area contributed by atoms with Crippen LogP contribution in [0.15, 0.2) is 9.98 Å². The van der Waals surface area contributed by atoms with Crippen molar-refractivity contribution in [2.24, 2.45) is 0 Å². The van der Waals surface area contributed by atoms with Gasteiger partial charge < -0.3 is 4.90 Å². The molecule has 1 aliphatic carbocycles. The Morgan fingerprint density at radius 1 is 1.67 bits per heavy atom. The standard InChI is InChI=1S/C8H11BrN2S/c1-11(6-3-2-4-6)8-10-5-7(9)12-8/h5-6H,2-4H2,1H3. The molecule has 2 rings (SSSR count). The Bertz CT molecular complexity index is 270. The van der Waals surface area contributed by atoms with E-state index in [0.29, 0.717) is 0 Å². The van der Waals surface area contributed by atoms with Gasteiger partial charge in [-0.15, -0.1) is 0 Å². The van der Waals surface area contributed by atoms with Crippen molar-refractivity contribution >= 4 is 32.4 Å².